The lowest BCUT2D eigenvalue weighted by molar-refractivity contribution is -0.175. The first-order valence-electron chi connectivity index (χ1n) is 10.2. The molecule has 26 heteroatoms. The Balaban J connectivity index is 4.07. The topological polar surface area (TPSA) is 0 Å². The van der Waals surface area contributed by atoms with Crippen LogP contribution in [0.4, 0.5) is 114 Å². The molecule has 2 aromatic carbocycles. The van der Waals surface area contributed by atoms with Crippen LogP contribution in [0.5, 0.6) is 0 Å². The van der Waals surface area contributed by atoms with Gasteiger partial charge in [-0.05, 0) is 0 Å². The first-order chi connectivity index (χ1) is 19.8. The van der Waals surface area contributed by atoms with Gasteiger partial charge in [0.1, 0.15) is 33.9 Å². The molecule has 2 aromatic rings. The molecule has 0 aliphatic rings. The average molecular weight is 734 g/mol. The minimum absolute atomic E-state index is 4.78. The molecule has 2 rings (SSSR count). The van der Waals surface area contributed by atoms with Crippen LogP contribution in [0.15, 0.2) is 0 Å². The summed E-state index contributed by atoms with van der Waals surface area (Å²) in [5, 5.41) is 0. The summed E-state index contributed by atoms with van der Waals surface area (Å²) >= 11 is 0. The molecule has 0 fully saturated rings. The van der Waals surface area contributed by atoms with E-state index in [0.29, 0.717) is 0 Å². The Morgan fingerprint density at radius 3 is 0.391 bits per heavy atom. The van der Waals surface area contributed by atoms with Crippen LogP contribution in [0.2, 0.25) is 0 Å². The first kappa shape index (κ1) is 38.8. The molecule has 0 spiro atoms. The van der Waals surface area contributed by atoms with Crippen molar-refractivity contribution in [2.75, 3.05) is 0 Å². The van der Waals surface area contributed by atoms with E-state index < -0.39 is 117 Å². The van der Waals surface area contributed by atoms with E-state index in [0.717, 1.165) is 0 Å². The summed E-state index contributed by atoms with van der Waals surface area (Å²) in [7, 11) is 0. The Morgan fingerprint density at radius 2 is 0.304 bits per heavy atom. The van der Waals surface area contributed by atoms with Gasteiger partial charge in [-0.2, -0.15) is 105 Å². The van der Waals surface area contributed by atoms with Crippen molar-refractivity contribution in [2.45, 2.75) is 49.4 Å². The molecular weight excluding hydrogens is 734 g/mol. The highest BCUT2D eigenvalue weighted by atomic mass is 19.4. The average Bonchev–Trinajstić information content (AvgIpc) is 2.71. The number of benzene rings is 2. The molecule has 0 aliphatic carbocycles. The summed E-state index contributed by atoms with van der Waals surface area (Å²) in [6.07, 6.45) is -61.4. The Labute approximate surface area is 232 Å². The third kappa shape index (κ3) is 6.83. The van der Waals surface area contributed by atoms with E-state index in [9.17, 15) is 114 Å². The van der Waals surface area contributed by atoms with Gasteiger partial charge in [-0.25, -0.2) is 8.78 Å². The van der Waals surface area contributed by atoms with Gasteiger partial charge in [0.25, 0.3) is 0 Å². The van der Waals surface area contributed by atoms with Gasteiger partial charge in [-0.1, -0.05) is 0 Å². The van der Waals surface area contributed by atoms with Crippen molar-refractivity contribution in [3.8, 4) is 11.1 Å². The summed E-state index contributed by atoms with van der Waals surface area (Å²) in [6, 6.07) is 0. The van der Waals surface area contributed by atoms with Crippen molar-refractivity contribution in [3.63, 3.8) is 0 Å². The monoisotopic (exact) mass is 734 g/mol. The van der Waals surface area contributed by atoms with Crippen molar-refractivity contribution in [1.29, 1.82) is 0 Å². The summed E-state index contributed by atoms with van der Waals surface area (Å²) < 4.78 is 359. The zero-order valence-electron chi connectivity index (χ0n) is 19.8. The number of hydrogen-bond acceptors (Lipinski definition) is 0. The zero-order chi connectivity index (χ0) is 36.9. The third-order valence-corrected chi connectivity index (χ3v) is 5.40. The molecule has 0 N–H and O–H groups in total. The molecule has 262 valence electrons. The van der Waals surface area contributed by atoms with E-state index in [1.807, 2.05) is 0 Å². The van der Waals surface area contributed by atoms with Crippen molar-refractivity contribution in [1.82, 2.24) is 0 Å². The van der Waals surface area contributed by atoms with Gasteiger partial charge in [-0.15, -0.1) is 0 Å². The van der Waals surface area contributed by atoms with Gasteiger partial charge in [0.05, 0.1) is 22.3 Å². The van der Waals surface area contributed by atoms with E-state index in [1.54, 1.807) is 0 Å². The van der Waals surface area contributed by atoms with Gasteiger partial charge in [0.2, 0.25) is 0 Å². The molecule has 0 atom stereocenters. The third-order valence-electron chi connectivity index (χ3n) is 5.40. The molecular formula is C20F26. The quantitative estimate of drug-likeness (QED) is 0.256. The fourth-order valence-corrected chi connectivity index (χ4v) is 4.14. The molecule has 0 saturated carbocycles. The standard InChI is InChI=1S/C20F26/c21-11-7(17(35,36)37)3(13(23,24)25)1(4(14(26,27)28)8(11)18(38,39)40)2-5(15(29,30)31)9(19(41,42)43)12(22)10(20(44,45)46)6(2)16(32,33)34. The van der Waals surface area contributed by atoms with E-state index in [-0.39, 0.29) is 0 Å². The van der Waals surface area contributed by atoms with Crippen LogP contribution in [-0.4, -0.2) is 0 Å². The van der Waals surface area contributed by atoms with Crippen molar-refractivity contribution < 1.29 is 114 Å². The van der Waals surface area contributed by atoms with Gasteiger partial charge < -0.3 is 0 Å². The second-order valence-corrected chi connectivity index (χ2v) is 8.36. The minimum Gasteiger partial charge on any atom is -0.206 e. The van der Waals surface area contributed by atoms with Crippen LogP contribution in [0.1, 0.15) is 44.5 Å². The Bertz CT molecular complexity index is 1280. The highest BCUT2D eigenvalue weighted by Gasteiger charge is 2.62. The molecule has 0 amide bonds. The summed E-state index contributed by atoms with van der Waals surface area (Å²) in [6.45, 7) is 0. The lowest BCUT2D eigenvalue weighted by atomic mass is 9.78. The van der Waals surface area contributed by atoms with Crippen molar-refractivity contribution >= 4 is 0 Å². The maximum atomic E-state index is 14.5. The highest BCUT2D eigenvalue weighted by Crippen LogP contribution is 2.61. The molecule has 0 nitrogen and oxygen atoms in total. The van der Waals surface area contributed by atoms with Crippen LogP contribution in [-0.2, 0) is 49.4 Å². The lowest BCUT2D eigenvalue weighted by Crippen LogP contribution is -2.32. The van der Waals surface area contributed by atoms with Gasteiger partial charge in [0, 0.05) is 11.1 Å². The molecule has 0 saturated heterocycles. The van der Waals surface area contributed by atoms with E-state index >= 15 is 0 Å². The van der Waals surface area contributed by atoms with E-state index in [1.165, 1.54) is 0 Å². The van der Waals surface area contributed by atoms with Crippen LogP contribution in [0, 0.1) is 11.6 Å². The molecule has 0 bridgehead atoms. The molecule has 0 heterocycles. The zero-order valence-corrected chi connectivity index (χ0v) is 19.8. The van der Waals surface area contributed by atoms with Crippen molar-refractivity contribution in [2.24, 2.45) is 0 Å². The molecule has 0 unspecified atom stereocenters. The van der Waals surface area contributed by atoms with Crippen LogP contribution >= 0.6 is 0 Å². The number of alkyl halides is 24. The highest BCUT2D eigenvalue weighted by molar-refractivity contribution is 5.84. The lowest BCUT2D eigenvalue weighted by Gasteiger charge is -2.32. The summed E-state index contributed by atoms with van der Waals surface area (Å²) in [4.78, 5) is 0. The first-order valence-corrected chi connectivity index (χ1v) is 10.2. The largest absolute Gasteiger partial charge is 0.419 e. The molecule has 46 heavy (non-hydrogen) atoms. The Hall–Kier alpha value is -3.38. The van der Waals surface area contributed by atoms with Gasteiger partial charge in [0.15, 0.2) is 0 Å². The van der Waals surface area contributed by atoms with Crippen LogP contribution in [0.3, 0.4) is 0 Å². The summed E-state index contributed by atoms with van der Waals surface area (Å²) in [5.41, 5.74) is -49.5. The Kier molecular flexibility index (Phi) is 8.91. The second kappa shape index (κ2) is 10.6. The fourth-order valence-electron chi connectivity index (χ4n) is 4.14. The van der Waals surface area contributed by atoms with E-state index in [4.69, 9.17) is 0 Å². The minimum atomic E-state index is -7.79. The predicted octanol–water partition coefficient (Wildman–Crippen LogP) is 11.8. The smallest absolute Gasteiger partial charge is 0.206 e. The van der Waals surface area contributed by atoms with Crippen LogP contribution in [0.25, 0.3) is 11.1 Å². The molecule has 0 aromatic heterocycles. The van der Waals surface area contributed by atoms with Crippen molar-refractivity contribution in [3.05, 3.63) is 56.1 Å². The van der Waals surface area contributed by atoms with E-state index in [2.05, 4.69) is 0 Å². The van der Waals surface area contributed by atoms with Crippen LogP contribution < -0.4 is 0 Å². The molecule has 0 aliphatic heterocycles. The number of hydrogen-bond donors (Lipinski definition) is 0. The maximum absolute atomic E-state index is 14.5. The fraction of sp³-hybridized carbons (Fsp3) is 0.400. The maximum Gasteiger partial charge on any atom is 0.419 e. The van der Waals surface area contributed by atoms with Gasteiger partial charge >= 0.3 is 49.4 Å². The number of rotatable bonds is 1. The summed E-state index contributed by atoms with van der Waals surface area (Å²) in [5.74, 6) is -9.56. The molecule has 0 radical (unpaired) electrons. The normalized spacial score (nSPS) is 14.7. The second-order valence-electron chi connectivity index (χ2n) is 8.36. The SMILES string of the molecule is Fc1c(C(F)(F)F)c(C(F)(F)F)c(-c2c(C(F)(F)F)c(C(F)(F)F)c(F)c(C(F)(F)F)c2C(F)(F)F)c(C(F)(F)F)c1C(F)(F)F. The predicted molar refractivity (Wildman–Crippen MR) is 91.8 cm³/mol. The van der Waals surface area contributed by atoms with Gasteiger partial charge in [-0.3, -0.25) is 0 Å². The number of halogens is 26. The Morgan fingerprint density at radius 1 is 0.196 bits per heavy atom.